The molecule has 0 unspecified atom stereocenters. The van der Waals surface area contributed by atoms with Crippen molar-refractivity contribution in [1.29, 1.82) is 0 Å². The average molecular weight is 410 g/mol. The minimum Gasteiger partial charge on any atom is -0.455 e. The summed E-state index contributed by atoms with van der Waals surface area (Å²) in [5.41, 5.74) is 2.76. The molecule has 0 atom stereocenters. The van der Waals surface area contributed by atoms with Crippen LogP contribution in [0.3, 0.4) is 0 Å². The molecule has 0 aliphatic rings. The van der Waals surface area contributed by atoms with E-state index in [1.165, 1.54) is 11.8 Å². The minimum atomic E-state index is -0.484. The number of nitrogens with one attached hydrogen (secondary N) is 1. The van der Waals surface area contributed by atoms with Crippen LogP contribution >= 0.6 is 11.8 Å². The monoisotopic (exact) mass is 410 g/mol. The third-order valence-corrected chi connectivity index (χ3v) is 5.13. The highest BCUT2D eigenvalue weighted by Crippen LogP contribution is 2.19. The molecular formula is C21H22N4O3S. The first-order chi connectivity index (χ1) is 14.0. The molecule has 1 N–H and O–H groups in total. The summed E-state index contributed by atoms with van der Waals surface area (Å²) in [6.07, 6.45) is 0. The maximum absolute atomic E-state index is 12.0. The number of esters is 1. The van der Waals surface area contributed by atoms with Crippen LogP contribution in [0, 0.1) is 13.8 Å². The van der Waals surface area contributed by atoms with E-state index in [4.69, 9.17) is 4.74 Å². The number of aryl methyl sites for hydroxylation is 2. The van der Waals surface area contributed by atoms with Crippen molar-refractivity contribution in [2.24, 2.45) is 0 Å². The Balaban J connectivity index is 1.48. The lowest BCUT2D eigenvalue weighted by atomic mass is 10.2. The molecule has 1 amide bonds. The maximum atomic E-state index is 12.0. The summed E-state index contributed by atoms with van der Waals surface area (Å²) in [4.78, 5) is 24.0. The molecule has 0 bridgehead atoms. The van der Waals surface area contributed by atoms with E-state index >= 15 is 0 Å². The van der Waals surface area contributed by atoms with Crippen LogP contribution < -0.4 is 5.32 Å². The van der Waals surface area contributed by atoms with Gasteiger partial charge in [-0.25, -0.2) is 0 Å². The average Bonchev–Trinajstić information content (AvgIpc) is 3.07. The number of aromatic nitrogens is 3. The van der Waals surface area contributed by atoms with Gasteiger partial charge in [-0.1, -0.05) is 60.3 Å². The molecule has 3 aromatic rings. The van der Waals surface area contributed by atoms with Gasteiger partial charge in [0.15, 0.2) is 11.8 Å². The van der Waals surface area contributed by atoms with E-state index in [-0.39, 0.29) is 18.3 Å². The van der Waals surface area contributed by atoms with Crippen LogP contribution in [0.2, 0.25) is 0 Å². The molecular weight excluding hydrogens is 388 g/mol. The Morgan fingerprint density at radius 2 is 1.76 bits per heavy atom. The highest BCUT2D eigenvalue weighted by molar-refractivity contribution is 7.99. The van der Waals surface area contributed by atoms with Gasteiger partial charge in [0.05, 0.1) is 12.3 Å². The van der Waals surface area contributed by atoms with Gasteiger partial charge in [0.25, 0.3) is 5.91 Å². The van der Waals surface area contributed by atoms with Crippen molar-refractivity contribution in [1.82, 2.24) is 14.8 Å². The SMILES string of the molecule is Cc1ccccc1NC(=O)COC(=O)CSc1nnc(C)n1Cc1ccccc1. The van der Waals surface area contributed by atoms with Crippen molar-refractivity contribution < 1.29 is 14.3 Å². The molecule has 1 aromatic heterocycles. The van der Waals surface area contributed by atoms with Crippen molar-refractivity contribution >= 4 is 29.3 Å². The molecule has 0 aliphatic carbocycles. The summed E-state index contributed by atoms with van der Waals surface area (Å²) in [6.45, 7) is 4.05. The van der Waals surface area contributed by atoms with Crippen molar-refractivity contribution in [3.8, 4) is 0 Å². The smallest absolute Gasteiger partial charge is 0.316 e. The third-order valence-electron chi connectivity index (χ3n) is 4.19. The predicted molar refractivity (Wildman–Crippen MR) is 112 cm³/mol. The van der Waals surface area contributed by atoms with Crippen molar-refractivity contribution in [2.75, 3.05) is 17.7 Å². The van der Waals surface area contributed by atoms with Crippen LogP contribution in [0.5, 0.6) is 0 Å². The molecule has 0 aliphatic heterocycles. The number of rotatable bonds is 8. The summed E-state index contributed by atoms with van der Waals surface area (Å²) in [7, 11) is 0. The number of para-hydroxylation sites is 1. The number of carbonyl (C=O) groups excluding carboxylic acids is 2. The number of benzene rings is 2. The number of ether oxygens (including phenoxy) is 1. The second kappa shape index (κ2) is 9.88. The Morgan fingerprint density at radius 3 is 2.52 bits per heavy atom. The summed E-state index contributed by atoms with van der Waals surface area (Å²) in [6, 6.07) is 17.4. The van der Waals surface area contributed by atoms with Crippen LogP contribution in [0.25, 0.3) is 0 Å². The van der Waals surface area contributed by atoms with Gasteiger partial charge in [0.2, 0.25) is 0 Å². The quantitative estimate of drug-likeness (QED) is 0.453. The van der Waals surface area contributed by atoms with Crippen LogP contribution in [-0.4, -0.2) is 39.0 Å². The van der Waals surface area contributed by atoms with E-state index in [9.17, 15) is 9.59 Å². The molecule has 2 aromatic carbocycles. The Hall–Kier alpha value is -3.13. The Kier molecular flexibility index (Phi) is 7.02. The van der Waals surface area contributed by atoms with Gasteiger partial charge in [-0.2, -0.15) is 0 Å². The second-order valence-electron chi connectivity index (χ2n) is 6.41. The van der Waals surface area contributed by atoms with Crippen LogP contribution in [0.1, 0.15) is 17.0 Å². The second-order valence-corrected chi connectivity index (χ2v) is 7.36. The van der Waals surface area contributed by atoms with Gasteiger partial charge < -0.3 is 14.6 Å². The fourth-order valence-electron chi connectivity index (χ4n) is 2.63. The fraction of sp³-hybridized carbons (Fsp3) is 0.238. The molecule has 7 nitrogen and oxygen atoms in total. The highest BCUT2D eigenvalue weighted by Gasteiger charge is 2.14. The van der Waals surface area contributed by atoms with E-state index in [1.54, 1.807) is 6.07 Å². The molecule has 29 heavy (non-hydrogen) atoms. The van der Waals surface area contributed by atoms with Crippen molar-refractivity contribution in [2.45, 2.75) is 25.5 Å². The zero-order chi connectivity index (χ0) is 20.6. The molecule has 0 spiro atoms. The fourth-order valence-corrected chi connectivity index (χ4v) is 3.41. The standard InChI is InChI=1S/C21H22N4O3S/c1-15-8-6-7-11-18(15)22-19(26)13-28-20(27)14-29-21-24-23-16(2)25(21)12-17-9-4-3-5-10-17/h3-11H,12-14H2,1-2H3,(H,22,26). The van der Waals surface area contributed by atoms with Crippen LogP contribution in [0.4, 0.5) is 5.69 Å². The molecule has 3 rings (SSSR count). The zero-order valence-electron chi connectivity index (χ0n) is 16.3. The van der Waals surface area contributed by atoms with E-state index in [1.807, 2.05) is 66.9 Å². The van der Waals surface area contributed by atoms with E-state index in [0.29, 0.717) is 17.4 Å². The van der Waals surface area contributed by atoms with Gasteiger partial charge in [-0.3, -0.25) is 9.59 Å². The van der Waals surface area contributed by atoms with Crippen molar-refractivity contribution in [3.05, 3.63) is 71.5 Å². The Labute approximate surface area is 173 Å². The molecule has 0 saturated carbocycles. The van der Waals surface area contributed by atoms with Gasteiger partial charge in [0.1, 0.15) is 5.82 Å². The van der Waals surface area contributed by atoms with Gasteiger partial charge in [0, 0.05) is 5.69 Å². The maximum Gasteiger partial charge on any atom is 0.316 e. The zero-order valence-corrected chi connectivity index (χ0v) is 17.1. The van der Waals surface area contributed by atoms with Gasteiger partial charge in [-0.05, 0) is 31.0 Å². The summed E-state index contributed by atoms with van der Waals surface area (Å²) < 4.78 is 7.02. The Bertz CT molecular complexity index is 989. The predicted octanol–water partition coefficient (Wildman–Crippen LogP) is 3.22. The first-order valence-corrected chi connectivity index (χ1v) is 10.1. The number of hydrogen-bond donors (Lipinski definition) is 1. The summed E-state index contributed by atoms with van der Waals surface area (Å²) in [5.74, 6) is -0.0465. The van der Waals surface area contributed by atoms with E-state index < -0.39 is 5.97 Å². The highest BCUT2D eigenvalue weighted by atomic mass is 32.2. The topological polar surface area (TPSA) is 86.1 Å². The number of thioether (sulfide) groups is 1. The largest absolute Gasteiger partial charge is 0.455 e. The molecule has 0 radical (unpaired) electrons. The summed E-state index contributed by atoms with van der Waals surface area (Å²) in [5, 5.41) is 11.6. The van der Waals surface area contributed by atoms with Crippen molar-refractivity contribution in [3.63, 3.8) is 0 Å². The number of nitrogens with zero attached hydrogens (tertiary/aromatic N) is 3. The normalized spacial score (nSPS) is 10.6. The molecule has 0 fully saturated rings. The first-order valence-electron chi connectivity index (χ1n) is 9.10. The summed E-state index contributed by atoms with van der Waals surface area (Å²) >= 11 is 1.24. The Morgan fingerprint density at radius 1 is 1.03 bits per heavy atom. The molecule has 1 heterocycles. The number of hydrogen-bond acceptors (Lipinski definition) is 6. The third kappa shape index (κ3) is 5.92. The molecule has 8 heteroatoms. The molecule has 150 valence electrons. The number of amides is 1. The van der Waals surface area contributed by atoms with Gasteiger partial charge in [-0.15, -0.1) is 10.2 Å². The van der Waals surface area contributed by atoms with Crippen LogP contribution in [-0.2, 0) is 20.9 Å². The molecule has 0 saturated heterocycles. The van der Waals surface area contributed by atoms with E-state index in [0.717, 1.165) is 17.0 Å². The first kappa shape index (κ1) is 20.6. The van der Waals surface area contributed by atoms with E-state index in [2.05, 4.69) is 15.5 Å². The lowest BCUT2D eigenvalue weighted by Gasteiger charge is -2.09. The lowest BCUT2D eigenvalue weighted by Crippen LogP contribution is -2.22. The minimum absolute atomic E-state index is 0.0462. The number of anilines is 1. The lowest BCUT2D eigenvalue weighted by molar-refractivity contribution is -0.144. The van der Waals surface area contributed by atoms with Crippen LogP contribution in [0.15, 0.2) is 59.8 Å². The van der Waals surface area contributed by atoms with Gasteiger partial charge >= 0.3 is 5.97 Å². The number of carbonyl (C=O) groups is 2.